The van der Waals surface area contributed by atoms with E-state index < -0.39 is 17.6 Å². The molecule has 0 aliphatic carbocycles. The summed E-state index contributed by atoms with van der Waals surface area (Å²) in [7, 11) is 1.46. The number of alkyl halides is 3. The maximum atomic E-state index is 13.0. The first kappa shape index (κ1) is 21.5. The summed E-state index contributed by atoms with van der Waals surface area (Å²) in [5.41, 5.74) is 0.982. The molecule has 4 nitrogen and oxygen atoms in total. The van der Waals surface area contributed by atoms with Crippen molar-refractivity contribution in [1.82, 2.24) is 4.90 Å². The van der Waals surface area contributed by atoms with Crippen LogP contribution in [0.3, 0.4) is 0 Å². The van der Waals surface area contributed by atoms with Crippen molar-refractivity contribution in [2.45, 2.75) is 32.4 Å². The molecule has 0 fully saturated rings. The van der Waals surface area contributed by atoms with Gasteiger partial charge in [-0.15, -0.1) is 0 Å². The highest BCUT2D eigenvalue weighted by atomic mass is 19.4. The summed E-state index contributed by atoms with van der Waals surface area (Å²) >= 11 is 0. The lowest BCUT2D eigenvalue weighted by atomic mass is 10.1. The molecule has 0 spiro atoms. The first-order valence-corrected chi connectivity index (χ1v) is 8.98. The monoisotopic (exact) mass is 392 g/mol. The molecule has 1 N–H and O–H groups in total. The van der Waals surface area contributed by atoms with Gasteiger partial charge in [-0.05, 0) is 36.1 Å². The molecule has 0 aliphatic rings. The molecule has 2 aromatic rings. The highest BCUT2D eigenvalue weighted by Gasteiger charge is 2.33. The Morgan fingerprint density at radius 1 is 1.00 bits per heavy atom. The van der Waals surface area contributed by atoms with Crippen molar-refractivity contribution in [3.63, 3.8) is 0 Å². The predicted octanol–water partition coefficient (Wildman–Crippen LogP) is 4.30. The summed E-state index contributed by atoms with van der Waals surface area (Å²) in [4.78, 5) is 25.5. The average molecular weight is 392 g/mol. The van der Waals surface area contributed by atoms with Gasteiger partial charge in [0.25, 0.3) is 0 Å². The van der Waals surface area contributed by atoms with Crippen molar-refractivity contribution in [1.29, 1.82) is 0 Å². The van der Waals surface area contributed by atoms with Crippen LogP contribution in [0.4, 0.5) is 18.9 Å². The number of aryl methyl sites for hydroxylation is 2. The number of carbonyl (C=O) groups excluding carboxylic acids is 2. The molecule has 2 amide bonds. The Morgan fingerprint density at radius 2 is 1.61 bits per heavy atom. The highest BCUT2D eigenvalue weighted by molar-refractivity contribution is 5.95. The fraction of sp³-hybridized carbons (Fsp3) is 0.333. The lowest BCUT2D eigenvalue weighted by Gasteiger charge is -2.18. The van der Waals surface area contributed by atoms with E-state index in [1.807, 2.05) is 24.3 Å². The second-order valence-electron chi connectivity index (χ2n) is 6.51. The van der Waals surface area contributed by atoms with Crippen LogP contribution in [0.1, 0.15) is 30.0 Å². The van der Waals surface area contributed by atoms with Crippen molar-refractivity contribution < 1.29 is 22.8 Å². The van der Waals surface area contributed by atoms with Gasteiger partial charge in [0.15, 0.2) is 0 Å². The third-order valence-corrected chi connectivity index (χ3v) is 4.37. The fourth-order valence-electron chi connectivity index (χ4n) is 2.72. The first-order valence-electron chi connectivity index (χ1n) is 8.98. The Hall–Kier alpha value is -2.83. The number of benzene rings is 2. The standard InChI is InChI=1S/C21H23F3N2O2/c1-3-15-8-10-16(11-9-15)12-13-20(28)26(2)14-19(27)25-18-7-5-4-6-17(18)21(22,23)24/h4-11H,3,12-14H2,1-2H3,(H,25,27). The maximum Gasteiger partial charge on any atom is 0.418 e. The summed E-state index contributed by atoms with van der Waals surface area (Å²) in [5.74, 6) is -0.932. The van der Waals surface area contributed by atoms with Crippen LogP contribution in [0.15, 0.2) is 48.5 Å². The van der Waals surface area contributed by atoms with Crippen LogP contribution in [0, 0.1) is 0 Å². The number of likely N-dealkylation sites (N-methyl/N-ethyl adjacent to an activating group) is 1. The van der Waals surface area contributed by atoms with E-state index >= 15 is 0 Å². The number of nitrogens with one attached hydrogen (secondary N) is 1. The first-order chi connectivity index (χ1) is 13.2. The number of para-hydroxylation sites is 1. The van der Waals surface area contributed by atoms with E-state index in [0.717, 1.165) is 18.1 Å². The molecule has 0 atom stereocenters. The minimum Gasteiger partial charge on any atom is -0.336 e. The van der Waals surface area contributed by atoms with Gasteiger partial charge in [0.05, 0.1) is 17.8 Å². The van der Waals surface area contributed by atoms with Crippen LogP contribution in [0.2, 0.25) is 0 Å². The number of rotatable bonds is 7. The molecule has 150 valence electrons. The van der Waals surface area contributed by atoms with Gasteiger partial charge >= 0.3 is 6.18 Å². The largest absolute Gasteiger partial charge is 0.418 e. The van der Waals surface area contributed by atoms with Crippen molar-refractivity contribution in [2.75, 3.05) is 18.9 Å². The van der Waals surface area contributed by atoms with Gasteiger partial charge < -0.3 is 10.2 Å². The average Bonchev–Trinajstić information content (AvgIpc) is 2.65. The molecule has 0 saturated carbocycles. The molecule has 0 bridgehead atoms. The molecule has 2 aromatic carbocycles. The Balaban J connectivity index is 1.88. The van der Waals surface area contributed by atoms with E-state index in [1.165, 1.54) is 35.7 Å². The molecular formula is C21H23F3N2O2. The summed E-state index contributed by atoms with van der Waals surface area (Å²) in [5, 5.41) is 2.24. The van der Waals surface area contributed by atoms with Gasteiger partial charge in [0.2, 0.25) is 11.8 Å². The number of nitrogens with zero attached hydrogens (tertiary/aromatic N) is 1. The second-order valence-corrected chi connectivity index (χ2v) is 6.51. The zero-order chi connectivity index (χ0) is 20.7. The van der Waals surface area contributed by atoms with Crippen LogP contribution >= 0.6 is 0 Å². The van der Waals surface area contributed by atoms with Crippen molar-refractivity contribution >= 4 is 17.5 Å². The Morgan fingerprint density at radius 3 is 2.21 bits per heavy atom. The number of amides is 2. The van der Waals surface area contributed by atoms with Gasteiger partial charge in [0.1, 0.15) is 0 Å². The van der Waals surface area contributed by atoms with Crippen molar-refractivity contribution in [3.05, 3.63) is 65.2 Å². The van der Waals surface area contributed by atoms with Gasteiger partial charge in [-0.25, -0.2) is 0 Å². The lowest BCUT2D eigenvalue weighted by Crippen LogP contribution is -2.35. The normalized spacial score (nSPS) is 11.2. The van der Waals surface area contributed by atoms with Crippen LogP contribution in [0.5, 0.6) is 0 Å². The van der Waals surface area contributed by atoms with Gasteiger partial charge in [-0.1, -0.05) is 43.3 Å². The molecular weight excluding hydrogens is 369 g/mol. The number of halogens is 3. The fourth-order valence-corrected chi connectivity index (χ4v) is 2.72. The van der Waals surface area contributed by atoms with Crippen LogP contribution in [-0.4, -0.2) is 30.3 Å². The molecule has 0 heterocycles. The van der Waals surface area contributed by atoms with Gasteiger partial charge in [-0.2, -0.15) is 13.2 Å². The highest BCUT2D eigenvalue weighted by Crippen LogP contribution is 2.34. The summed E-state index contributed by atoms with van der Waals surface area (Å²) in [6.07, 6.45) is -2.88. The molecule has 0 unspecified atom stereocenters. The Kier molecular flexibility index (Phi) is 7.20. The van der Waals surface area contributed by atoms with Crippen molar-refractivity contribution in [2.24, 2.45) is 0 Å². The predicted molar refractivity (Wildman–Crippen MR) is 102 cm³/mol. The third kappa shape index (κ3) is 6.11. The topological polar surface area (TPSA) is 49.4 Å². The summed E-state index contributed by atoms with van der Waals surface area (Å²) in [6.45, 7) is 1.74. The summed E-state index contributed by atoms with van der Waals surface area (Å²) < 4.78 is 38.9. The smallest absolute Gasteiger partial charge is 0.336 e. The zero-order valence-corrected chi connectivity index (χ0v) is 15.8. The SMILES string of the molecule is CCc1ccc(CCC(=O)N(C)CC(=O)Nc2ccccc2C(F)(F)F)cc1. The van der Waals surface area contributed by atoms with Gasteiger partial charge in [-0.3, -0.25) is 9.59 Å². The molecule has 0 radical (unpaired) electrons. The molecule has 7 heteroatoms. The minimum atomic E-state index is -4.57. The molecule has 28 heavy (non-hydrogen) atoms. The third-order valence-electron chi connectivity index (χ3n) is 4.37. The molecule has 0 aromatic heterocycles. The maximum absolute atomic E-state index is 13.0. The lowest BCUT2D eigenvalue weighted by molar-refractivity contribution is -0.137. The number of hydrogen-bond acceptors (Lipinski definition) is 2. The molecule has 2 rings (SSSR count). The summed E-state index contributed by atoms with van der Waals surface area (Å²) in [6, 6.07) is 12.7. The van der Waals surface area contributed by atoms with Crippen LogP contribution in [0.25, 0.3) is 0 Å². The van der Waals surface area contributed by atoms with E-state index in [1.54, 1.807) is 0 Å². The van der Waals surface area contributed by atoms with E-state index in [2.05, 4.69) is 12.2 Å². The van der Waals surface area contributed by atoms with E-state index in [-0.39, 0.29) is 24.6 Å². The number of hydrogen-bond donors (Lipinski definition) is 1. The number of anilines is 1. The van der Waals surface area contributed by atoms with Crippen LogP contribution < -0.4 is 5.32 Å². The Bertz CT molecular complexity index is 817. The Labute approximate surface area is 162 Å². The number of carbonyl (C=O) groups is 2. The van der Waals surface area contributed by atoms with E-state index in [0.29, 0.717) is 6.42 Å². The van der Waals surface area contributed by atoms with Crippen LogP contribution in [-0.2, 0) is 28.6 Å². The molecule has 0 aliphatic heterocycles. The van der Waals surface area contributed by atoms with E-state index in [9.17, 15) is 22.8 Å². The zero-order valence-electron chi connectivity index (χ0n) is 15.8. The quantitative estimate of drug-likeness (QED) is 0.764. The van der Waals surface area contributed by atoms with E-state index in [4.69, 9.17) is 0 Å². The molecule has 0 saturated heterocycles. The van der Waals surface area contributed by atoms with Crippen molar-refractivity contribution in [3.8, 4) is 0 Å². The minimum absolute atomic E-state index is 0.217. The second kappa shape index (κ2) is 9.39. The van der Waals surface area contributed by atoms with Gasteiger partial charge in [0, 0.05) is 13.5 Å².